The first-order chi connectivity index (χ1) is 11.6. The molecule has 3 heterocycles. The molecule has 5 nitrogen and oxygen atoms in total. The molecule has 0 spiro atoms. The highest BCUT2D eigenvalue weighted by Gasteiger charge is 2.27. The van der Waals surface area contributed by atoms with Gasteiger partial charge in [0.25, 0.3) is 5.91 Å². The van der Waals surface area contributed by atoms with Gasteiger partial charge in [0.1, 0.15) is 6.33 Å². The molecule has 0 aliphatic carbocycles. The quantitative estimate of drug-likeness (QED) is 0.710. The van der Waals surface area contributed by atoms with Crippen LogP contribution in [0.15, 0.2) is 43.0 Å². The molecule has 1 aromatic carbocycles. The number of fused-ring (bicyclic) bond motifs is 1. The summed E-state index contributed by atoms with van der Waals surface area (Å²) in [6, 6.07) is 7.89. The third-order valence-electron chi connectivity index (χ3n) is 4.18. The molecule has 0 unspecified atom stereocenters. The second-order valence-corrected chi connectivity index (χ2v) is 5.92. The Kier molecular flexibility index (Phi) is 3.27. The number of carbonyl (C=O) groups is 1. The van der Waals surface area contributed by atoms with Crippen LogP contribution in [0.3, 0.4) is 0 Å². The standard InChI is InChI=1S/C19H16N4O/c1-11-6-12(2)22-17(11)7-15-18-14(13-8-20-10-21-9-13)4-3-5-16(18)23-19(15)24/h3-10,22H,1-2H3,(H,23,24)/b15-7-. The Bertz CT molecular complexity index is 970. The molecule has 3 aromatic rings. The van der Waals surface area contributed by atoms with Crippen molar-refractivity contribution < 1.29 is 4.79 Å². The number of aromatic amines is 1. The van der Waals surface area contributed by atoms with Gasteiger partial charge >= 0.3 is 0 Å². The van der Waals surface area contributed by atoms with Crippen molar-refractivity contribution in [1.29, 1.82) is 0 Å². The second-order valence-electron chi connectivity index (χ2n) is 5.92. The first-order valence-corrected chi connectivity index (χ1v) is 7.71. The summed E-state index contributed by atoms with van der Waals surface area (Å²) in [6.07, 6.45) is 6.93. The predicted octanol–water partition coefficient (Wildman–Crippen LogP) is 3.58. The zero-order valence-electron chi connectivity index (χ0n) is 13.4. The van der Waals surface area contributed by atoms with Crippen molar-refractivity contribution in [3.63, 3.8) is 0 Å². The summed E-state index contributed by atoms with van der Waals surface area (Å²) in [7, 11) is 0. The minimum Gasteiger partial charge on any atom is -0.359 e. The van der Waals surface area contributed by atoms with Crippen LogP contribution in [-0.4, -0.2) is 20.9 Å². The van der Waals surface area contributed by atoms with Crippen molar-refractivity contribution >= 4 is 23.2 Å². The maximum Gasteiger partial charge on any atom is 0.256 e. The van der Waals surface area contributed by atoms with Crippen molar-refractivity contribution in [1.82, 2.24) is 15.0 Å². The highest BCUT2D eigenvalue weighted by Crippen LogP contribution is 2.40. The Morgan fingerprint density at radius 2 is 1.92 bits per heavy atom. The molecule has 0 atom stereocenters. The zero-order valence-corrected chi connectivity index (χ0v) is 13.4. The smallest absolute Gasteiger partial charge is 0.256 e. The average Bonchev–Trinajstić information content (AvgIpc) is 3.07. The van der Waals surface area contributed by atoms with Gasteiger partial charge in [0, 0.05) is 40.6 Å². The Labute approximate surface area is 139 Å². The lowest BCUT2D eigenvalue weighted by molar-refractivity contribution is -0.110. The molecule has 2 aromatic heterocycles. The molecule has 4 rings (SSSR count). The van der Waals surface area contributed by atoms with Gasteiger partial charge in [-0.15, -0.1) is 0 Å². The fourth-order valence-electron chi connectivity index (χ4n) is 3.11. The van der Waals surface area contributed by atoms with E-state index >= 15 is 0 Å². The van der Waals surface area contributed by atoms with E-state index in [1.54, 1.807) is 12.4 Å². The fraction of sp³-hybridized carbons (Fsp3) is 0.105. The largest absolute Gasteiger partial charge is 0.359 e. The maximum atomic E-state index is 12.5. The lowest BCUT2D eigenvalue weighted by atomic mass is 9.95. The van der Waals surface area contributed by atoms with Gasteiger partial charge in [0.2, 0.25) is 0 Å². The summed E-state index contributed by atoms with van der Waals surface area (Å²) in [5, 5.41) is 2.94. The SMILES string of the molecule is Cc1cc(C)c(/C=C2\C(=O)Nc3cccc(-c4cncnc4)c32)[nH]1. The Morgan fingerprint density at radius 1 is 1.12 bits per heavy atom. The molecule has 1 amide bonds. The molecule has 0 radical (unpaired) electrons. The van der Waals surface area contributed by atoms with Gasteiger partial charge in [0.05, 0.1) is 5.57 Å². The highest BCUT2D eigenvalue weighted by atomic mass is 16.2. The molecular weight excluding hydrogens is 300 g/mol. The van der Waals surface area contributed by atoms with Crippen LogP contribution in [0.2, 0.25) is 0 Å². The molecule has 5 heteroatoms. The molecule has 0 saturated heterocycles. The number of aromatic nitrogens is 3. The number of nitrogens with zero attached hydrogens (tertiary/aromatic N) is 2. The summed E-state index contributed by atoms with van der Waals surface area (Å²) in [6.45, 7) is 4.03. The summed E-state index contributed by atoms with van der Waals surface area (Å²) in [4.78, 5) is 24.0. The van der Waals surface area contributed by atoms with Gasteiger partial charge in [-0.05, 0) is 43.2 Å². The fourth-order valence-corrected chi connectivity index (χ4v) is 3.11. The monoisotopic (exact) mass is 316 g/mol. The number of hydrogen-bond donors (Lipinski definition) is 2. The van der Waals surface area contributed by atoms with Crippen molar-refractivity contribution in [3.8, 4) is 11.1 Å². The number of benzene rings is 1. The summed E-state index contributed by atoms with van der Waals surface area (Å²) >= 11 is 0. The van der Waals surface area contributed by atoms with Crippen LogP contribution in [0, 0.1) is 13.8 Å². The van der Waals surface area contributed by atoms with Gasteiger partial charge < -0.3 is 10.3 Å². The predicted molar refractivity (Wildman–Crippen MR) is 94.2 cm³/mol. The van der Waals surface area contributed by atoms with Crippen LogP contribution in [0.25, 0.3) is 22.8 Å². The zero-order chi connectivity index (χ0) is 16.7. The highest BCUT2D eigenvalue weighted by molar-refractivity contribution is 6.36. The van der Waals surface area contributed by atoms with Crippen molar-refractivity contribution in [2.75, 3.05) is 5.32 Å². The van der Waals surface area contributed by atoms with E-state index in [9.17, 15) is 4.79 Å². The molecule has 24 heavy (non-hydrogen) atoms. The third-order valence-corrected chi connectivity index (χ3v) is 4.18. The molecule has 0 saturated carbocycles. The Balaban J connectivity index is 1.92. The average molecular weight is 316 g/mol. The van der Waals surface area contributed by atoms with Gasteiger partial charge in [-0.25, -0.2) is 9.97 Å². The number of H-pyrrole nitrogens is 1. The summed E-state index contributed by atoms with van der Waals surface area (Å²) in [5.74, 6) is -0.0963. The van der Waals surface area contributed by atoms with E-state index in [2.05, 4.69) is 26.3 Å². The van der Waals surface area contributed by atoms with E-state index in [1.165, 1.54) is 6.33 Å². The van der Waals surface area contributed by atoms with Crippen molar-refractivity contribution in [2.24, 2.45) is 0 Å². The molecule has 1 aliphatic heterocycles. The van der Waals surface area contributed by atoms with Gasteiger partial charge in [-0.1, -0.05) is 12.1 Å². The van der Waals surface area contributed by atoms with Crippen LogP contribution >= 0.6 is 0 Å². The Hall–Kier alpha value is -3.21. The van der Waals surface area contributed by atoms with Gasteiger partial charge in [-0.3, -0.25) is 4.79 Å². The van der Waals surface area contributed by atoms with Gasteiger partial charge in [0.15, 0.2) is 0 Å². The van der Waals surface area contributed by atoms with Crippen LogP contribution in [0.1, 0.15) is 22.5 Å². The number of anilines is 1. The lowest BCUT2D eigenvalue weighted by Crippen LogP contribution is -2.03. The van der Waals surface area contributed by atoms with E-state index in [4.69, 9.17) is 0 Å². The van der Waals surface area contributed by atoms with Gasteiger partial charge in [-0.2, -0.15) is 0 Å². The number of aryl methyl sites for hydroxylation is 2. The molecule has 118 valence electrons. The van der Waals surface area contributed by atoms with E-state index < -0.39 is 0 Å². The minimum absolute atomic E-state index is 0.0963. The van der Waals surface area contributed by atoms with E-state index in [0.717, 1.165) is 39.3 Å². The second kappa shape index (κ2) is 5.45. The molecule has 0 bridgehead atoms. The minimum atomic E-state index is -0.0963. The topological polar surface area (TPSA) is 70.7 Å². The number of rotatable bonds is 2. The normalized spacial score (nSPS) is 14.8. The van der Waals surface area contributed by atoms with E-state index in [1.807, 2.05) is 38.1 Å². The molecule has 1 aliphatic rings. The number of nitrogens with one attached hydrogen (secondary N) is 2. The molecular formula is C19H16N4O. The van der Waals surface area contributed by atoms with Crippen molar-refractivity contribution in [2.45, 2.75) is 13.8 Å². The lowest BCUT2D eigenvalue weighted by Gasteiger charge is -2.07. The number of amides is 1. The van der Waals surface area contributed by atoms with Crippen LogP contribution in [0.4, 0.5) is 5.69 Å². The van der Waals surface area contributed by atoms with Crippen LogP contribution < -0.4 is 5.32 Å². The number of carbonyl (C=O) groups excluding carboxylic acids is 1. The Morgan fingerprint density at radius 3 is 2.62 bits per heavy atom. The number of hydrogen-bond acceptors (Lipinski definition) is 3. The van der Waals surface area contributed by atoms with Crippen LogP contribution in [0.5, 0.6) is 0 Å². The molecule has 2 N–H and O–H groups in total. The summed E-state index contributed by atoms with van der Waals surface area (Å²) in [5.41, 5.74) is 7.32. The first-order valence-electron chi connectivity index (χ1n) is 7.71. The molecule has 0 fully saturated rings. The van der Waals surface area contributed by atoms with Crippen molar-refractivity contribution in [3.05, 3.63) is 65.5 Å². The first kappa shape index (κ1) is 14.4. The van der Waals surface area contributed by atoms with E-state index in [0.29, 0.717) is 5.57 Å². The maximum absolute atomic E-state index is 12.5. The third kappa shape index (κ3) is 2.31. The summed E-state index contributed by atoms with van der Waals surface area (Å²) < 4.78 is 0. The van der Waals surface area contributed by atoms with Crippen LogP contribution in [-0.2, 0) is 4.79 Å². The van der Waals surface area contributed by atoms with E-state index in [-0.39, 0.29) is 5.91 Å².